The highest BCUT2D eigenvalue weighted by atomic mass is 32.1. The fourth-order valence-corrected chi connectivity index (χ4v) is 3.23. The first-order valence-electron chi connectivity index (χ1n) is 6.94. The number of ether oxygens (including phenoxy) is 1. The van der Waals surface area contributed by atoms with Crippen LogP contribution in [0, 0.1) is 0 Å². The molecule has 0 spiro atoms. The quantitative estimate of drug-likeness (QED) is 0.910. The van der Waals surface area contributed by atoms with Crippen LogP contribution in [-0.4, -0.2) is 54.7 Å². The molecule has 0 radical (unpaired) electrons. The standard InChI is InChI=1S/C13H22N4O2S/c1-4-17(9(2)3)12(18)10-11(14)15-13(20-10)16-5-7-19-8-6-16/h9H,4-8,14H2,1-3H3. The molecule has 1 aromatic rings. The summed E-state index contributed by atoms with van der Waals surface area (Å²) in [6.45, 7) is 9.61. The number of nitrogens with two attached hydrogens (primary N) is 1. The average Bonchev–Trinajstić information content (AvgIpc) is 2.82. The third kappa shape index (κ3) is 3.04. The maximum Gasteiger partial charge on any atom is 0.268 e. The van der Waals surface area contributed by atoms with Crippen molar-refractivity contribution < 1.29 is 9.53 Å². The SMILES string of the molecule is CCN(C(=O)c1sc(N2CCOCC2)nc1N)C(C)C. The van der Waals surface area contributed by atoms with E-state index in [2.05, 4.69) is 9.88 Å². The molecule has 7 heteroatoms. The zero-order chi connectivity index (χ0) is 14.7. The molecule has 2 heterocycles. The van der Waals surface area contributed by atoms with Crippen molar-refractivity contribution in [2.75, 3.05) is 43.5 Å². The molecule has 20 heavy (non-hydrogen) atoms. The Morgan fingerprint density at radius 3 is 2.70 bits per heavy atom. The highest BCUT2D eigenvalue weighted by Crippen LogP contribution is 2.30. The number of anilines is 2. The van der Waals surface area contributed by atoms with Gasteiger partial charge in [-0.25, -0.2) is 4.98 Å². The summed E-state index contributed by atoms with van der Waals surface area (Å²) in [5.41, 5.74) is 5.94. The van der Waals surface area contributed by atoms with Gasteiger partial charge >= 0.3 is 0 Å². The van der Waals surface area contributed by atoms with Crippen molar-refractivity contribution in [1.82, 2.24) is 9.88 Å². The second-order valence-electron chi connectivity index (χ2n) is 5.00. The lowest BCUT2D eigenvalue weighted by molar-refractivity contribution is 0.0722. The minimum absolute atomic E-state index is 0.0305. The molecule has 0 aromatic carbocycles. The Kier molecular flexibility index (Phi) is 4.82. The van der Waals surface area contributed by atoms with Gasteiger partial charge in [-0.2, -0.15) is 0 Å². The number of hydrogen-bond acceptors (Lipinski definition) is 6. The molecule has 1 saturated heterocycles. The van der Waals surface area contributed by atoms with Crippen molar-refractivity contribution in [1.29, 1.82) is 0 Å². The summed E-state index contributed by atoms with van der Waals surface area (Å²) in [6.07, 6.45) is 0. The maximum absolute atomic E-state index is 12.5. The number of nitrogens with zero attached hydrogens (tertiary/aromatic N) is 3. The zero-order valence-electron chi connectivity index (χ0n) is 12.3. The van der Waals surface area contributed by atoms with Crippen LogP contribution in [0.1, 0.15) is 30.4 Å². The fourth-order valence-electron chi connectivity index (χ4n) is 2.24. The van der Waals surface area contributed by atoms with Crippen molar-refractivity contribution in [2.24, 2.45) is 0 Å². The predicted molar refractivity (Wildman–Crippen MR) is 81.4 cm³/mol. The van der Waals surface area contributed by atoms with Gasteiger partial charge in [-0.15, -0.1) is 0 Å². The van der Waals surface area contributed by atoms with Gasteiger partial charge in [0.2, 0.25) is 0 Å². The molecule has 2 rings (SSSR count). The smallest absolute Gasteiger partial charge is 0.268 e. The second-order valence-corrected chi connectivity index (χ2v) is 5.97. The molecule has 6 nitrogen and oxygen atoms in total. The number of morpholine rings is 1. The van der Waals surface area contributed by atoms with Gasteiger partial charge in [0.15, 0.2) is 5.13 Å². The van der Waals surface area contributed by atoms with E-state index in [0.717, 1.165) is 18.2 Å². The van der Waals surface area contributed by atoms with Crippen molar-refractivity contribution in [2.45, 2.75) is 26.8 Å². The molecule has 1 aliphatic rings. The van der Waals surface area contributed by atoms with Gasteiger partial charge in [0.05, 0.1) is 13.2 Å². The fraction of sp³-hybridized carbons (Fsp3) is 0.692. The summed E-state index contributed by atoms with van der Waals surface area (Å²) >= 11 is 1.38. The molecule has 0 bridgehead atoms. The van der Waals surface area contributed by atoms with E-state index in [1.54, 1.807) is 4.90 Å². The van der Waals surface area contributed by atoms with Crippen LogP contribution < -0.4 is 10.6 Å². The number of hydrogen-bond donors (Lipinski definition) is 1. The second kappa shape index (κ2) is 6.41. The lowest BCUT2D eigenvalue weighted by atomic mass is 10.3. The number of rotatable bonds is 4. The summed E-state index contributed by atoms with van der Waals surface area (Å²) in [7, 11) is 0. The Morgan fingerprint density at radius 1 is 1.50 bits per heavy atom. The maximum atomic E-state index is 12.5. The number of amides is 1. The number of nitrogen functional groups attached to an aromatic ring is 1. The third-order valence-corrected chi connectivity index (χ3v) is 4.46. The number of carbonyl (C=O) groups excluding carboxylic acids is 1. The van der Waals surface area contributed by atoms with Crippen molar-refractivity contribution >= 4 is 28.2 Å². The Labute approximate surface area is 123 Å². The van der Waals surface area contributed by atoms with Crippen molar-refractivity contribution in [3.8, 4) is 0 Å². The molecule has 1 amide bonds. The van der Waals surface area contributed by atoms with Gasteiger partial charge in [0, 0.05) is 25.7 Å². The highest BCUT2D eigenvalue weighted by Gasteiger charge is 2.25. The monoisotopic (exact) mass is 298 g/mol. The summed E-state index contributed by atoms with van der Waals surface area (Å²) < 4.78 is 5.32. The van der Waals surface area contributed by atoms with E-state index >= 15 is 0 Å². The topological polar surface area (TPSA) is 71.7 Å². The van der Waals surface area contributed by atoms with Gasteiger partial charge in [-0.05, 0) is 20.8 Å². The lowest BCUT2D eigenvalue weighted by Crippen LogP contribution is -2.36. The molecule has 1 fully saturated rings. The van der Waals surface area contributed by atoms with Crippen LogP contribution in [-0.2, 0) is 4.74 Å². The largest absolute Gasteiger partial charge is 0.382 e. The Balaban J connectivity index is 2.20. The molecule has 1 aliphatic heterocycles. The predicted octanol–water partition coefficient (Wildman–Crippen LogP) is 1.43. The van der Waals surface area contributed by atoms with Gasteiger partial charge in [-0.3, -0.25) is 4.79 Å². The normalized spacial score (nSPS) is 15.7. The zero-order valence-corrected chi connectivity index (χ0v) is 13.1. The first kappa shape index (κ1) is 15.1. The first-order chi connectivity index (χ1) is 9.54. The Morgan fingerprint density at radius 2 is 2.15 bits per heavy atom. The van der Waals surface area contributed by atoms with E-state index in [4.69, 9.17) is 10.5 Å². The summed E-state index contributed by atoms with van der Waals surface area (Å²) in [4.78, 5) is 21.3. The summed E-state index contributed by atoms with van der Waals surface area (Å²) in [5.74, 6) is 0.303. The highest BCUT2D eigenvalue weighted by molar-refractivity contribution is 7.18. The van der Waals surface area contributed by atoms with Crippen molar-refractivity contribution in [3.05, 3.63) is 4.88 Å². The minimum Gasteiger partial charge on any atom is -0.382 e. The van der Waals surface area contributed by atoms with Crippen LogP contribution in [0.5, 0.6) is 0 Å². The van der Waals surface area contributed by atoms with Crippen LogP contribution in [0.2, 0.25) is 0 Å². The average molecular weight is 298 g/mol. The molecular weight excluding hydrogens is 276 g/mol. The molecule has 0 saturated carbocycles. The van der Waals surface area contributed by atoms with E-state index in [0.29, 0.717) is 30.5 Å². The van der Waals surface area contributed by atoms with E-state index in [-0.39, 0.29) is 11.9 Å². The lowest BCUT2D eigenvalue weighted by Gasteiger charge is -2.26. The molecule has 0 unspecified atom stereocenters. The van der Waals surface area contributed by atoms with E-state index in [1.165, 1.54) is 11.3 Å². The van der Waals surface area contributed by atoms with Gasteiger partial charge in [-0.1, -0.05) is 11.3 Å². The van der Waals surface area contributed by atoms with Crippen LogP contribution in [0.3, 0.4) is 0 Å². The molecule has 0 aliphatic carbocycles. The first-order valence-corrected chi connectivity index (χ1v) is 7.76. The number of thiazole rings is 1. The van der Waals surface area contributed by atoms with E-state index < -0.39 is 0 Å². The number of carbonyl (C=O) groups is 1. The van der Waals surface area contributed by atoms with Crippen molar-refractivity contribution in [3.63, 3.8) is 0 Å². The van der Waals surface area contributed by atoms with E-state index in [1.807, 2.05) is 20.8 Å². The molecule has 0 atom stereocenters. The van der Waals surface area contributed by atoms with Crippen LogP contribution >= 0.6 is 11.3 Å². The summed E-state index contributed by atoms with van der Waals surface area (Å²) in [6, 6.07) is 0.154. The van der Waals surface area contributed by atoms with Crippen LogP contribution in [0.15, 0.2) is 0 Å². The molecule has 112 valence electrons. The Bertz CT molecular complexity index is 469. The molecular formula is C13H22N4O2S. The summed E-state index contributed by atoms with van der Waals surface area (Å²) in [5, 5.41) is 0.814. The van der Waals surface area contributed by atoms with Crippen LogP contribution in [0.4, 0.5) is 10.9 Å². The molecule has 2 N–H and O–H groups in total. The number of aromatic nitrogens is 1. The minimum atomic E-state index is -0.0305. The third-order valence-electron chi connectivity index (χ3n) is 3.34. The van der Waals surface area contributed by atoms with Gasteiger partial charge in [0.25, 0.3) is 5.91 Å². The molecule has 1 aromatic heterocycles. The Hall–Kier alpha value is -1.34. The van der Waals surface area contributed by atoms with Crippen LogP contribution in [0.25, 0.3) is 0 Å². The van der Waals surface area contributed by atoms with Gasteiger partial charge in [0.1, 0.15) is 10.7 Å². The van der Waals surface area contributed by atoms with Gasteiger partial charge < -0.3 is 20.3 Å². The van der Waals surface area contributed by atoms with E-state index in [9.17, 15) is 4.79 Å².